The maximum atomic E-state index is 13.0. The summed E-state index contributed by atoms with van der Waals surface area (Å²) in [6, 6.07) is 21.7. The van der Waals surface area contributed by atoms with Gasteiger partial charge in [-0.2, -0.15) is 5.26 Å². The van der Waals surface area contributed by atoms with Gasteiger partial charge in [0.2, 0.25) is 0 Å². The molecule has 2 heterocycles. The number of nitriles is 1. The van der Waals surface area contributed by atoms with Gasteiger partial charge in [-0.25, -0.2) is 0 Å². The Bertz CT molecular complexity index is 1390. The first kappa shape index (κ1) is 18.6. The second-order valence-corrected chi connectivity index (χ2v) is 9.37. The van der Waals surface area contributed by atoms with Crippen molar-refractivity contribution < 1.29 is 4.79 Å². The highest BCUT2D eigenvalue weighted by Crippen LogP contribution is 2.42. The molecule has 1 aliphatic carbocycles. The van der Waals surface area contributed by atoms with E-state index in [9.17, 15) is 4.79 Å². The quantitative estimate of drug-likeness (QED) is 0.375. The van der Waals surface area contributed by atoms with Crippen molar-refractivity contribution in [1.29, 1.82) is 5.26 Å². The molecule has 0 radical (unpaired) electrons. The van der Waals surface area contributed by atoms with Gasteiger partial charge in [-0.1, -0.05) is 36.4 Å². The van der Waals surface area contributed by atoms with E-state index in [1.54, 1.807) is 22.7 Å². The van der Waals surface area contributed by atoms with Gasteiger partial charge in [0.1, 0.15) is 0 Å². The van der Waals surface area contributed by atoms with Crippen molar-refractivity contribution in [2.24, 2.45) is 5.73 Å². The van der Waals surface area contributed by atoms with Crippen LogP contribution in [-0.4, -0.2) is 5.78 Å². The summed E-state index contributed by atoms with van der Waals surface area (Å²) in [4.78, 5) is 15.2. The largest absolute Gasteiger partial charge is 0.402 e. The first-order valence-electron chi connectivity index (χ1n) is 9.41. The molecule has 0 aliphatic heterocycles. The van der Waals surface area contributed by atoms with Crippen LogP contribution >= 0.6 is 22.7 Å². The van der Waals surface area contributed by atoms with Crippen LogP contribution in [0.2, 0.25) is 0 Å². The summed E-state index contributed by atoms with van der Waals surface area (Å²) in [6.45, 7) is 1.84. The highest BCUT2D eigenvalue weighted by Gasteiger charge is 2.30. The third-order valence-corrected chi connectivity index (χ3v) is 7.45. The van der Waals surface area contributed by atoms with E-state index < -0.39 is 0 Å². The summed E-state index contributed by atoms with van der Waals surface area (Å²) in [6.07, 6.45) is 1.97. The fraction of sp³-hybridized carbons (Fsp3) is 0.0400. The van der Waals surface area contributed by atoms with Gasteiger partial charge in [0.15, 0.2) is 5.78 Å². The van der Waals surface area contributed by atoms with Crippen molar-refractivity contribution in [2.45, 2.75) is 6.92 Å². The molecule has 0 atom stereocenters. The molecule has 0 unspecified atom stereocenters. The van der Waals surface area contributed by atoms with Crippen LogP contribution in [0.3, 0.4) is 0 Å². The Balaban J connectivity index is 1.54. The summed E-state index contributed by atoms with van der Waals surface area (Å²) in [5.41, 5.74) is 11.7. The highest BCUT2D eigenvalue weighted by molar-refractivity contribution is 7.29. The standard InChI is InChI=1S/C25H16N2OS2/c1-14(27)24-18-4-2-3-5-19(18)25(28)20(24)10-17-11-22-23(29-17)12-21(30-22)16-8-6-15(13-26)7-9-16/h2-12H,27H2,1H3/b20-10-,24-14+. The zero-order chi connectivity index (χ0) is 20.8. The fourth-order valence-electron chi connectivity index (χ4n) is 3.78. The summed E-state index contributed by atoms with van der Waals surface area (Å²) in [7, 11) is 0. The van der Waals surface area contributed by atoms with E-state index in [2.05, 4.69) is 18.2 Å². The van der Waals surface area contributed by atoms with Crippen LogP contribution in [0.4, 0.5) is 0 Å². The molecule has 3 nitrogen and oxygen atoms in total. The number of hydrogen-bond acceptors (Lipinski definition) is 5. The molecule has 2 aromatic carbocycles. The lowest BCUT2D eigenvalue weighted by atomic mass is 10.0. The minimum absolute atomic E-state index is 0.0282. The second-order valence-electron chi connectivity index (χ2n) is 7.17. The molecule has 0 saturated heterocycles. The number of carbonyl (C=O) groups excluding carboxylic acids is 1. The monoisotopic (exact) mass is 424 g/mol. The zero-order valence-corrected chi connectivity index (χ0v) is 17.7. The molecule has 30 heavy (non-hydrogen) atoms. The first-order chi connectivity index (χ1) is 14.5. The Hall–Kier alpha value is -3.46. The lowest BCUT2D eigenvalue weighted by molar-refractivity contribution is 0.104. The molecule has 5 heteroatoms. The lowest BCUT2D eigenvalue weighted by Crippen LogP contribution is -1.99. The average molecular weight is 425 g/mol. The molecule has 2 aromatic heterocycles. The van der Waals surface area contributed by atoms with E-state index >= 15 is 0 Å². The number of rotatable bonds is 2. The van der Waals surface area contributed by atoms with Crippen LogP contribution in [-0.2, 0) is 0 Å². The molecular formula is C25H16N2OS2. The van der Waals surface area contributed by atoms with Crippen LogP contribution in [0, 0.1) is 11.3 Å². The van der Waals surface area contributed by atoms with Gasteiger partial charge < -0.3 is 5.73 Å². The Labute approximate surface area is 182 Å². The molecule has 0 fully saturated rings. The van der Waals surface area contributed by atoms with E-state index in [0.29, 0.717) is 22.4 Å². The van der Waals surface area contributed by atoms with Gasteiger partial charge in [0.05, 0.1) is 11.6 Å². The summed E-state index contributed by atoms with van der Waals surface area (Å²) in [5, 5.41) is 8.97. The van der Waals surface area contributed by atoms with Gasteiger partial charge in [-0.3, -0.25) is 4.79 Å². The minimum atomic E-state index is 0.0282. The minimum Gasteiger partial charge on any atom is -0.402 e. The van der Waals surface area contributed by atoms with Gasteiger partial charge in [0, 0.05) is 41.6 Å². The maximum Gasteiger partial charge on any atom is 0.194 e. The Morgan fingerprint density at radius 1 is 1.00 bits per heavy atom. The summed E-state index contributed by atoms with van der Waals surface area (Å²) in [5.74, 6) is 0.0282. The van der Waals surface area contributed by atoms with Crippen LogP contribution < -0.4 is 5.73 Å². The summed E-state index contributed by atoms with van der Waals surface area (Å²) < 4.78 is 2.37. The van der Waals surface area contributed by atoms with Crippen molar-refractivity contribution in [3.63, 3.8) is 0 Å². The average Bonchev–Trinajstić information content (AvgIpc) is 3.39. The predicted molar refractivity (Wildman–Crippen MR) is 125 cm³/mol. The third-order valence-electron chi connectivity index (χ3n) is 5.16. The number of nitrogens with zero attached hydrogens (tertiary/aromatic N) is 1. The molecule has 0 spiro atoms. The Morgan fingerprint density at radius 3 is 2.37 bits per heavy atom. The lowest BCUT2D eigenvalue weighted by Gasteiger charge is -2.04. The number of benzene rings is 2. The molecule has 1 aliphatic rings. The molecule has 144 valence electrons. The Kier molecular flexibility index (Phi) is 4.39. The normalized spacial score (nSPS) is 16.1. The molecule has 0 saturated carbocycles. The van der Waals surface area contributed by atoms with Gasteiger partial charge >= 0.3 is 0 Å². The molecular weight excluding hydrogens is 408 g/mol. The number of nitrogens with two attached hydrogens (primary N) is 1. The van der Waals surface area contributed by atoms with Crippen LogP contribution in [0.5, 0.6) is 0 Å². The molecule has 0 bridgehead atoms. The third kappa shape index (κ3) is 2.98. The topological polar surface area (TPSA) is 66.9 Å². The zero-order valence-electron chi connectivity index (χ0n) is 16.1. The smallest absolute Gasteiger partial charge is 0.194 e. The van der Waals surface area contributed by atoms with Crippen molar-refractivity contribution in [2.75, 3.05) is 0 Å². The Morgan fingerprint density at radius 2 is 1.70 bits per heavy atom. The highest BCUT2D eigenvalue weighted by atomic mass is 32.1. The van der Waals surface area contributed by atoms with Crippen molar-refractivity contribution >= 4 is 49.5 Å². The van der Waals surface area contributed by atoms with Crippen molar-refractivity contribution in [3.8, 4) is 16.5 Å². The molecule has 5 rings (SSSR count). The second kappa shape index (κ2) is 7.10. The van der Waals surface area contributed by atoms with Crippen molar-refractivity contribution in [1.82, 2.24) is 0 Å². The number of Topliss-reactive ketones (excluding diaryl/α,β-unsaturated/α-hetero) is 1. The fourth-order valence-corrected chi connectivity index (χ4v) is 6.14. The van der Waals surface area contributed by atoms with Crippen LogP contribution in [0.15, 0.2) is 71.9 Å². The van der Waals surface area contributed by atoms with E-state index in [-0.39, 0.29) is 5.78 Å². The van der Waals surface area contributed by atoms with Crippen LogP contribution in [0.1, 0.15) is 33.3 Å². The summed E-state index contributed by atoms with van der Waals surface area (Å²) >= 11 is 3.38. The van der Waals surface area contributed by atoms with E-state index in [1.807, 2.05) is 61.5 Å². The van der Waals surface area contributed by atoms with Crippen LogP contribution in [0.25, 0.3) is 31.5 Å². The van der Waals surface area contributed by atoms with Gasteiger partial charge in [0.25, 0.3) is 0 Å². The van der Waals surface area contributed by atoms with Gasteiger partial charge in [-0.05, 0) is 48.4 Å². The number of allylic oxidation sites excluding steroid dienone is 3. The van der Waals surface area contributed by atoms with Crippen molar-refractivity contribution in [3.05, 3.63) is 93.5 Å². The van der Waals surface area contributed by atoms with E-state index in [0.717, 1.165) is 21.6 Å². The van der Waals surface area contributed by atoms with Gasteiger partial charge in [-0.15, -0.1) is 22.7 Å². The number of carbonyl (C=O) groups is 1. The molecule has 4 aromatic rings. The number of ketones is 1. The van der Waals surface area contributed by atoms with E-state index in [1.165, 1.54) is 14.3 Å². The number of thiophene rings is 2. The molecule has 0 amide bonds. The van der Waals surface area contributed by atoms with E-state index in [4.69, 9.17) is 11.0 Å². The first-order valence-corrected chi connectivity index (χ1v) is 11.0. The SMILES string of the molecule is C/C(N)=C1\C(=C\c2cc3sc(-c4ccc(C#N)cc4)cc3s2)C(=O)c2ccccc21. The number of hydrogen-bond donors (Lipinski definition) is 1. The molecule has 2 N–H and O–H groups in total. The number of fused-ring (bicyclic) bond motifs is 2. The maximum absolute atomic E-state index is 13.0. The predicted octanol–water partition coefficient (Wildman–Crippen LogP) is 6.47.